The largest absolute Gasteiger partial charge is 0.486 e. The van der Waals surface area contributed by atoms with Gasteiger partial charge in [0.15, 0.2) is 5.65 Å². The van der Waals surface area contributed by atoms with E-state index in [-0.39, 0.29) is 28.1 Å². The number of nitrogens with one attached hydrogen (secondary N) is 1. The van der Waals surface area contributed by atoms with E-state index < -0.39 is 0 Å². The molecule has 0 unspecified atom stereocenters. The Hall–Kier alpha value is -2.79. The molecule has 1 N–H and O–H groups in total. The van der Waals surface area contributed by atoms with Gasteiger partial charge >= 0.3 is 11.6 Å². The summed E-state index contributed by atoms with van der Waals surface area (Å²) in [6.45, 7) is 6.08. The quantitative estimate of drug-likeness (QED) is 0.373. The van der Waals surface area contributed by atoms with Crippen LogP contribution in [0.2, 0.25) is 0 Å². The van der Waals surface area contributed by atoms with Crippen LogP contribution in [-0.4, -0.2) is 84.7 Å². The predicted octanol–water partition coefficient (Wildman–Crippen LogP) is 2.27. The standard InChI is InChI=1S/C22H30N6O4S/c1-4-5-10-32-18-17(19(23)33-3)24-20-16(27-7-6-25(2)22(27)30)13-15(14-28(20)21(18)29)26-8-11-31-12-9-26/h13-14,23H,4-12H2,1-3H3. The molecule has 11 heteroatoms. The van der Waals surface area contributed by atoms with Crippen LogP contribution in [0.1, 0.15) is 25.5 Å². The summed E-state index contributed by atoms with van der Waals surface area (Å²) in [5, 5.41) is 8.53. The number of carbonyl (C=O) groups excluding carboxylic acids is 1. The highest BCUT2D eigenvalue weighted by Gasteiger charge is 2.31. The molecule has 4 heterocycles. The first-order valence-electron chi connectivity index (χ1n) is 11.2. The van der Waals surface area contributed by atoms with Gasteiger partial charge in [-0.2, -0.15) is 0 Å². The highest BCUT2D eigenvalue weighted by molar-refractivity contribution is 8.13. The molecule has 0 aliphatic carbocycles. The van der Waals surface area contributed by atoms with Gasteiger partial charge in [0.1, 0.15) is 10.7 Å². The van der Waals surface area contributed by atoms with Crippen LogP contribution in [0.25, 0.3) is 5.65 Å². The van der Waals surface area contributed by atoms with Gasteiger partial charge in [-0.05, 0) is 18.7 Å². The number of ether oxygens (including phenoxy) is 2. The Morgan fingerprint density at radius 1 is 1.24 bits per heavy atom. The van der Waals surface area contributed by atoms with Crippen LogP contribution >= 0.6 is 11.8 Å². The molecule has 2 aromatic heterocycles. The van der Waals surface area contributed by atoms with E-state index >= 15 is 0 Å². The minimum atomic E-state index is -0.374. The number of aromatic nitrogens is 2. The van der Waals surface area contributed by atoms with Crippen molar-refractivity contribution in [3.05, 3.63) is 28.3 Å². The van der Waals surface area contributed by atoms with Crippen molar-refractivity contribution in [3.8, 4) is 5.75 Å². The van der Waals surface area contributed by atoms with Gasteiger partial charge in [0.05, 0.1) is 31.2 Å². The number of amides is 2. The summed E-state index contributed by atoms with van der Waals surface area (Å²) in [5.41, 5.74) is 1.56. The van der Waals surface area contributed by atoms with Crippen LogP contribution < -0.4 is 20.1 Å². The number of unbranched alkanes of at least 4 members (excludes halogenated alkanes) is 1. The van der Waals surface area contributed by atoms with E-state index in [1.807, 2.05) is 13.0 Å². The summed E-state index contributed by atoms with van der Waals surface area (Å²) < 4.78 is 12.8. The number of likely N-dealkylation sites (N-methyl/N-ethyl adjacent to an activating group) is 1. The van der Waals surface area contributed by atoms with Crippen molar-refractivity contribution in [3.63, 3.8) is 0 Å². The second kappa shape index (κ2) is 10.0. The number of nitrogens with zero attached hydrogens (tertiary/aromatic N) is 5. The molecule has 0 radical (unpaired) electrons. The highest BCUT2D eigenvalue weighted by Crippen LogP contribution is 2.31. The Bertz CT molecular complexity index is 1110. The molecule has 0 atom stereocenters. The third-order valence-corrected chi connectivity index (χ3v) is 6.50. The molecule has 0 bridgehead atoms. The fourth-order valence-corrected chi connectivity index (χ4v) is 4.29. The van der Waals surface area contributed by atoms with E-state index in [1.54, 1.807) is 29.3 Å². The smallest absolute Gasteiger partial charge is 0.324 e. The average Bonchev–Trinajstić information content (AvgIpc) is 3.17. The van der Waals surface area contributed by atoms with E-state index in [0.717, 1.165) is 18.5 Å². The first-order chi connectivity index (χ1) is 16.0. The number of pyridine rings is 1. The molecule has 4 rings (SSSR count). The topological polar surface area (TPSA) is 103 Å². The lowest BCUT2D eigenvalue weighted by Gasteiger charge is -2.30. The highest BCUT2D eigenvalue weighted by atomic mass is 32.2. The van der Waals surface area contributed by atoms with Crippen LogP contribution in [0.5, 0.6) is 5.75 Å². The molecule has 33 heavy (non-hydrogen) atoms. The third kappa shape index (κ3) is 4.51. The van der Waals surface area contributed by atoms with Crippen molar-refractivity contribution in [2.24, 2.45) is 0 Å². The summed E-state index contributed by atoms with van der Waals surface area (Å²) in [4.78, 5) is 36.7. The fourth-order valence-electron chi connectivity index (χ4n) is 3.96. The molecule has 178 valence electrons. The number of anilines is 2. The molecular formula is C22H30N6O4S. The molecule has 2 fully saturated rings. The molecule has 0 aromatic carbocycles. The van der Waals surface area contributed by atoms with Gasteiger partial charge in [-0.25, -0.2) is 9.78 Å². The minimum absolute atomic E-state index is 0.0789. The van der Waals surface area contributed by atoms with Crippen LogP contribution in [0.3, 0.4) is 0 Å². The number of hydrogen-bond acceptors (Lipinski definition) is 8. The maximum atomic E-state index is 13.6. The van der Waals surface area contributed by atoms with Gasteiger partial charge in [-0.3, -0.25) is 19.5 Å². The van der Waals surface area contributed by atoms with Crippen molar-refractivity contribution < 1.29 is 14.3 Å². The molecule has 2 aliphatic heterocycles. The van der Waals surface area contributed by atoms with E-state index in [1.165, 1.54) is 16.2 Å². The monoisotopic (exact) mass is 474 g/mol. The third-order valence-electron chi connectivity index (χ3n) is 5.90. The number of carbonyl (C=O) groups is 1. The number of fused-ring (bicyclic) bond motifs is 1. The van der Waals surface area contributed by atoms with Gasteiger partial charge in [0, 0.05) is 39.4 Å². The number of hydrogen-bond donors (Lipinski definition) is 1. The molecule has 10 nitrogen and oxygen atoms in total. The van der Waals surface area contributed by atoms with Gasteiger partial charge in [-0.1, -0.05) is 13.3 Å². The van der Waals surface area contributed by atoms with Crippen molar-refractivity contribution in [2.45, 2.75) is 19.8 Å². The zero-order chi connectivity index (χ0) is 23.5. The molecular weight excluding hydrogens is 444 g/mol. The van der Waals surface area contributed by atoms with Gasteiger partial charge in [0.25, 0.3) is 0 Å². The molecule has 2 saturated heterocycles. The second-order valence-electron chi connectivity index (χ2n) is 8.06. The first kappa shape index (κ1) is 23.4. The SMILES string of the molecule is CCCCOc1c(C(=N)SC)nc2c(N3CCN(C)C3=O)cc(N3CCOCC3)cn2c1=O. The molecule has 2 aliphatic rings. The zero-order valence-corrected chi connectivity index (χ0v) is 20.1. The number of rotatable bonds is 7. The van der Waals surface area contributed by atoms with Crippen molar-refractivity contribution in [1.82, 2.24) is 14.3 Å². The first-order valence-corrected chi connectivity index (χ1v) is 12.4. The van der Waals surface area contributed by atoms with Crippen LogP contribution in [-0.2, 0) is 4.74 Å². The summed E-state index contributed by atoms with van der Waals surface area (Å²) >= 11 is 1.20. The summed E-state index contributed by atoms with van der Waals surface area (Å²) in [6, 6.07) is 1.77. The maximum Gasteiger partial charge on any atom is 0.324 e. The van der Waals surface area contributed by atoms with Crippen molar-refractivity contribution >= 4 is 39.9 Å². The predicted molar refractivity (Wildman–Crippen MR) is 131 cm³/mol. The normalized spacial score (nSPS) is 16.7. The Balaban J connectivity index is 1.94. The van der Waals surface area contributed by atoms with Gasteiger partial charge < -0.3 is 19.3 Å². The minimum Gasteiger partial charge on any atom is -0.486 e. The molecule has 2 aromatic rings. The lowest BCUT2D eigenvalue weighted by Crippen LogP contribution is -2.37. The van der Waals surface area contributed by atoms with E-state index in [9.17, 15) is 9.59 Å². The van der Waals surface area contributed by atoms with E-state index in [0.29, 0.717) is 57.3 Å². The van der Waals surface area contributed by atoms with E-state index in [4.69, 9.17) is 19.9 Å². The lowest BCUT2D eigenvalue weighted by molar-refractivity contribution is 0.122. The lowest BCUT2D eigenvalue weighted by atomic mass is 10.2. The van der Waals surface area contributed by atoms with Gasteiger partial charge in [0.2, 0.25) is 5.75 Å². The Morgan fingerprint density at radius 3 is 2.64 bits per heavy atom. The number of urea groups is 1. The Labute approximate surface area is 197 Å². The van der Waals surface area contributed by atoms with Crippen LogP contribution in [0.15, 0.2) is 17.1 Å². The van der Waals surface area contributed by atoms with Crippen LogP contribution in [0, 0.1) is 5.41 Å². The average molecular weight is 475 g/mol. The number of morpholine rings is 1. The maximum absolute atomic E-state index is 13.6. The van der Waals surface area contributed by atoms with Crippen molar-refractivity contribution in [1.29, 1.82) is 5.41 Å². The number of thioether (sulfide) groups is 1. The van der Waals surface area contributed by atoms with Crippen LogP contribution in [0.4, 0.5) is 16.2 Å². The zero-order valence-electron chi connectivity index (χ0n) is 19.3. The molecule has 0 spiro atoms. The Kier molecular flexibility index (Phi) is 7.08. The summed E-state index contributed by atoms with van der Waals surface area (Å²) in [7, 11) is 1.75. The second-order valence-corrected chi connectivity index (χ2v) is 8.88. The molecule has 2 amide bonds. The van der Waals surface area contributed by atoms with E-state index in [2.05, 4.69) is 4.90 Å². The van der Waals surface area contributed by atoms with Crippen molar-refractivity contribution in [2.75, 3.05) is 69.1 Å². The Morgan fingerprint density at radius 2 is 2.00 bits per heavy atom. The summed E-state index contributed by atoms with van der Waals surface area (Å²) in [6.07, 6.45) is 5.24. The summed E-state index contributed by atoms with van der Waals surface area (Å²) in [5.74, 6) is 0.0789. The fraction of sp³-hybridized carbons (Fsp3) is 0.545. The van der Waals surface area contributed by atoms with Gasteiger partial charge in [-0.15, -0.1) is 11.8 Å². The molecule has 0 saturated carbocycles.